The summed E-state index contributed by atoms with van der Waals surface area (Å²) in [5.41, 5.74) is 0. The van der Waals surface area contributed by atoms with Gasteiger partial charge < -0.3 is 15.4 Å². The highest BCUT2D eigenvalue weighted by Crippen LogP contribution is 2.16. The van der Waals surface area contributed by atoms with Gasteiger partial charge in [-0.15, -0.1) is 0 Å². The van der Waals surface area contributed by atoms with E-state index >= 15 is 0 Å². The van der Waals surface area contributed by atoms with Gasteiger partial charge in [-0.3, -0.25) is 0 Å². The Morgan fingerprint density at radius 3 is 2.91 bits per heavy atom. The Hall–Kier alpha value is -1.10. The van der Waals surface area contributed by atoms with Crippen LogP contribution in [0.3, 0.4) is 0 Å². The van der Waals surface area contributed by atoms with E-state index in [0.29, 0.717) is 0 Å². The third kappa shape index (κ3) is 1.48. The van der Waals surface area contributed by atoms with Crippen LogP contribution in [0.5, 0.6) is 0 Å². The van der Waals surface area contributed by atoms with Crippen molar-refractivity contribution in [1.29, 1.82) is 0 Å². The minimum absolute atomic E-state index is 0.290. The van der Waals surface area contributed by atoms with E-state index in [1.54, 1.807) is 0 Å². The van der Waals surface area contributed by atoms with Gasteiger partial charge in [-0.25, -0.2) is 0 Å². The lowest BCUT2D eigenvalue weighted by Crippen LogP contribution is -2.46. The van der Waals surface area contributed by atoms with Crippen LogP contribution in [0.1, 0.15) is 6.92 Å². The second-order valence-corrected chi connectivity index (χ2v) is 2.93. The van der Waals surface area contributed by atoms with Crippen molar-refractivity contribution in [2.24, 2.45) is 4.99 Å². The van der Waals surface area contributed by atoms with Gasteiger partial charge in [-0.05, 0) is 16.8 Å². The van der Waals surface area contributed by atoms with Crippen molar-refractivity contribution in [2.75, 3.05) is 0 Å². The number of amidine groups is 1. The molecule has 0 amide bonds. The molecule has 0 aromatic carbocycles. The molecule has 0 saturated carbocycles. The fraction of sp³-hybridized carbons (Fsp3) is 0.400. The number of hydrogen-bond donors (Lipinski definition) is 1. The summed E-state index contributed by atoms with van der Waals surface area (Å²) in [7, 11) is 0. The maximum atomic E-state index is 10.3. The molecule has 0 fully saturated rings. The number of nitrogens with one attached hydrogen (secondary N) is 1. The van der Waals surface area contributed by atoms with Crippen LogP contribution in [-0.4, -0.2) is 15.8 Å². The fourth-order valence-corrected chi connectivity index (χ4v) is 0.887. The molecule has 11 heavy (non-hydrogen) atoms. The predicted octanol–water partition coefficient (Wildman–Crippen LogP) is 0.691. The van der Waals surface area contributed by atoms with E-state index in [1.165, 1.54) is 19.3 Å². The number of nitrogens with zero attached hydrogens (tertiary/aromatic N) is 2. The molecular formula is C5H6ClN3O2. The van der Waals surface area contributed by atoms with Crippen LogP contribution < -0.4 is 5.32 Å². The molecule has 0 saturated heterocycles. The highest BCUT2D eigenvalue weighted by atomic mass is 35.5. The lowest BCUT2D eigenvalue weighted by Gasteiger charge is -2.19. The van der Waals surface area contributed by atoms with Gasteiger partial charge in [-0.2, -0.15) is 0 Å². The molecule has 1 unspecified atom stereocenters. The average molecular weight is 176 g/mol. The van der Waals surface area contributed by atoms with Crippen LogP contribution >= 0.6 is 11.6 Å². The van der Waals surface area contributed by atoms with Crippen molar-refractivity contribution < 1.29 is 4.92 Å². The lowest BCUT2D eigenvalue weighted by atomic mass is 10.3. The first kappa shape index (κ1) is 8.00. The van der Waals surface area contributed by atoms with Crippen molar-refractivity contribution in [3.8, 4) is 0 Å². The summed E-state index contributed by atoms with van der Waals surface area (Å²) in [4.78, 5) is 12.0. The van der Waals surface area contributed by atoms with E-state index in [9.17, 15) is 10.1 Å². The molecule has 0 aromatic heterocycles. The number of alkyl halides is 1. The van der Waals surface area contributed by atoms with Crippen molar-refractivity contribution in [2.45, 2.75) is 11.9 Å². The Morgan fingerprint density at radius 1 is 1.91 bits per heavy atom. The van der Waals surface area contributed by atoms with Gasteiger partial charge in [0.1, 0.15) is 0 Å². The molecule has 1 heterocycles. The second kappa shape index (κ2) is 2.50. The van der Waals surface area contributed by atoms with Gasteiger partial charge in [0, 0.05) is 6.20 Å². The van der Waals surface area contributed by atoms with Crippen LogP contribution in [0.2, 0.25) is 0 Å². The molecule has 0 radical (unpaired) electrons. The zero-order chi connectivity index (χ0) is 8.48. The molecule has 60 valence electrons. The molecule has 0 spiro atoms. The van der Waals surface area contributed by atoms with Crippen molar-refractivity contribution in [3.05, 3.63) is 22.5 Å². The number of nitro groups is 1. The van der Waals surface area contributed by atoms with E-state index in [4.69, 9.17) is 11.6 Å². The fourth-order valence-electron chi connectivity index (χ4n) is 0.706. The second-order valence-electron chi connectivity index (χ2n) is 2.17. The first-order chi connectivity index (χ1) is 5.04. The van der Waals surface area contributed by atoms with Gasteiger partial charge in [0.15, 0.2) is 6.20 Å². The quantitative estimate of drug-likeness (QED) is 0.255. The Morgan fingerprint density at radius 2 is 2.55 bits per heavy atom. The van der Waals surface area contributed by atoms with E-state index in [2.05, 4.69) is 10.3 Å². The van der Waals surface area contributed by atoms with E-state index in [0.717, 1.165) is 0 Å². The monoisotopic (exact) mass is 175 g/mol. The molecule has 6 heteroatoms. The highest BCUT2D eigenvalue weighted by Gasteiger charge is 2.38. The summed E-state index contributed by atoms with van der Waals surface area (Å²) in [6.45, 7) is 1.47. The zero-order valence-corrected chi connectivity index (χ0v) is 6.50. The molecule has 0 aromatic rings. The normalized spacial score (nSPS) is 29.1. The first-order valence-electron chi connectivity index (χ1n) is 2.88. The molecule has 1 aliphatic heterocycles. The molecule has 1 atom stereocenters. The molecule has 0 bridgehead atoms. The van der Waals surface area contributed by atoms with Gasteiger partial charge >= 0.3 is 5.84 Å². The first-order valence-corrected chi connectivity index (χ1v) is 3.26. The highest BCUT2D eigenvalue weighted by molar-refractivity contribution is 6.34. The number of hydrogen-bond acceptors (Lipinski definition) is 4. The summed E-state index contributed by atoms with van der Waals surface area (Å²) in [5, 5.41) is 12.9. The van der Waals surface area contributed by atoms with Crippen LogP contribution in [0.4, 0.5) is 0 Å². The van der Waals surface area contributed by atoms with Gasteiger partial charge in [0.05, 0.1) is 0 Å². The minimum Gasteiger partial charge on any atom is -0.360 e. The van der Waals surface area contributed by atoms with Gasteiger partial charge in [0.2, 0.25) is 5.00 Å². The predicted molar refractivity (Wildman–Crippen MR) is 41.0 cm³/mol. The van der Waals surface area contributed by atoms with Crippen LogP contribution in [-0.2, 0) is 0 Å². The van der Waals surface area contributed by atoms with Gasteiger partial charge in [0.25, 0.3) is 0 Å². The average Bonchev–Trinajstić information content (AvgIpc) is 1.85. The summed E-state index contributed by atoms with van der Waals surface area (Å²) in [5.74, 6) is -0.290. The number of halogens is 1. The van der Waals surface area contributed by atoms with Crippen LogP contribution in [0, 0.1) is 10.1 Å². The number of aliphatic imine (C=N–C) groups is 1. The summed E-state index contributed by atoms with van der Waals surface area (Å²) < 4.78 is 0. The van der Waals surface area contributed by atoms with Crippen molar-refractivity contribution >= 4 is 17.4 Å². The molecule has 1 N–H and O–H groups in total. The summed E-state index contributed by atoms with van der Waals surface area (Å²) >= 11 is 5.70. The number of rotatable bonds is 0. The Bertz CT molecular complexity index is 246. The zero-order valence-electron chi connectivity index (χ0n) is 5.74. The van der Waals surface area contributed by atoms with Crippen molar-refractivity contribution in [1.82, 2.24) is 5.32 Å². The summed E-state index contributed by atoms with van der Waals surface area (Å²) in [6.07, 6.45) is 2.75. The van der Waals surface area contributed by atoms with E-state index in [1.807, 2.05) is 0 Å². The van der Waals surface area contributed by atoms with Gasteiger partial charge in [-0.1, -0.05) is 11.6 Å². The standard InChI is InChI=1S/C5H6ClN3O2/c1-5(6)4(9(10)11)7-2-3-8-5/h2-3,8H,1H3. The third-order valence-electron chi connectivity index (χ3n) is 1.22. The molecule has 1 aliphatic rings. The topological polar surface area (TPSA) is 67.5 Å². The van der Waals surface area contributed by atoms with E-state index in [-0.39, 0.29) is 5.84 Å². The maximum absolute atomic E-state index is 10.3. The smallest absolute Gasteiger partial charge is 0.360 e. The summed E-state index contributed by atoms with van der Waals surface area (Å²) in [6, 6.07) is 0. The third-order valence-corrected chi connectivity index (χ3v) is 1.50. The minimum atomic E-state index is -1.20. The van der Waals surface area contributed by atoms with Crippen LogP contribution in [0.25, 0.3) is 0 Å². The molecule has 0 aliphatic carbocycles. The Kier molecular flexibility index (Phi) is 1.82. The van der Waals surface area contributed by atoms with Crippen molar-refractivity contribution in [3.63, 3.8) is 0 Å². The largest absolute Gasteiger partial charge is 0.379 e. The Labute approximate surface area is 67.9 Å². The Balaban J connectivity index is 2.97. The molecule has 1 rings (SSSR count). The SMILES string of the molecule is CC1(Cl)NC=CN=C1[N+](=O)[O-]. The molecular weight excluding hydrogens is 170 g/mol. The molecule has 5 nitrogen and oxygen atoms in total. The lowest BCUT2D eigenvalue weighted by molar-refractivity contribution is -0.355. The van der Waals surface area contributed by atoms with Crippen LogP contribution in [0.15, 0.2) is 17.4 Å². The van der Waals surface area contributed by atoms with E-state index < -0.39 is 9.92 Å². The maximum Gasteiger partial charge on any atom is 0.379 e.